The normalized spacial score (nSPS) is 40.4. The van der Waals surface area contributed by atoms with Gasteiger partial charge in [0.1, 0.15) is 0 Å². The van der Waals surface area contributed by atoms with E-state index in [2.05, 4.69) is 10.6 Å². The van der Waals surface area contributed by atoms with Crippen molar-refractivity contribution >= 4 is 0 Å². The average Bonchev–Trinajstić information content (AvgIpc) is 3.31. The molecule has 112 valence electrons. The van der Waals surface area contributed by atoms with Crippen LogP contribution in [0.2, 0.25) is 0 Å². The molecule has 0 saturated carbocycles. The third-order valence-corrected chi connectivity index (χ3v) is 2.97. The lowest BCUT2D eigenvalue weighted by molar-refractivity contribution is -0.180. The second-order valence-corrected chi connectivity index (χ2v) is 4.32. The van der Waals surface area contributed by atoms with E-state index in [1.165, 1.54) is 0 Å². The summed E-state index contributed by atoms with van der Waals surface area (Å²) in [6.45, 7) is -0.300. The SMILES string of the molecule is OCCNC1(OC2(NCCO)OC2CO)OC1CO. The molecule has 0 radical (unpaired) electrons. The summed E-state index contributed by atoms with van der Waals surface area (Å²) in [7, 11) is 0. The van der Waals surface area contributed by atoms with E-state index in [1.54, 1.807) is 0 Å². The van der Waals surface area contributed by atoms with Crippen LogP contribution in [0.3, 0.4) is 0 Å². The van der Waals surface area contributed by atoms with Gasteiger partial charge in [0.05, 0.1) is 26.4 Å². The summed E-state index contributed by atoms with van der Waals surface area (Å²) >= 11 is 0. The monoisotopic (exact) mass is 280 g/mol. The maximum atomic E-state index is 9.10. The lowest BCUT2D eigenvalue weighted by Gasteiger charge is -2.22. The second-order valence-electron chi connectivity index (χ2n) is 4.32. The quantitative estimate of drug-likeness (QED) is 0.176. The van der Waals surface area contributed by atoms with Crippen LogP contribution in [0.5, 0.6) is 0 Å². The molecule has 0 aromatic rings. The van der Waals surface area contributed by atoms with Crippen molar-refractivity contribution in [3.05, 3.63) is 0 Å². The van der Waals surface area contributed by atoms with Crippen molar-refractivity contribution in [3.8, 4) is 0 Å². The fraction of sp³-hybridized carbons (Fsp3) is 1.00. The number of hydrogen-bond acceptors (Lipinski definition) is 9. The van der Waals surface area contributed by atoms with E-state index in [0.717, 1.165) is 0 Å². The van der Waals surface area contributed by atoms with Gasteiger partial charge in [-0.2, -0.15) is 0 Å². The molecular formula is C10H20N2O7. The van der Waals surface area contributed by atoms with Crippen LogP contribution >= 0.6 is 0 Å². The van der Waals surface area contributed by atoms with E-state index in [-0.39, 0.29) is 39.5 Å². The molecule has 0 aromatic carbocycles. The van der Waals surface area contributed by atoms with Crippen LogP contribution in [0.15, 0.2) is 0 Å². The molecule has 0 bridgehead atoms. The Labute approximate surface area is 110 Å². The zero-order valence-corrected chi connectivity index (χ0v) is 10.4. The first-order chi connectivity index (χ1) is 9.16. The largest absolute Gasteiger partial charge is 0.395 e. The van der Waals surface area contributed by atoms with E-state index in [0.29, 0.717) is 0 Å². The number of rotatable bonds is 10. The predicted molar refractivity (Wildman–Crippen MR) is 60.6 cm³/mol. The lowest BCUT2D eigenvalue weighted by Crippen LogP contribution is -2.51. The highest BCUT2D eigenvalue weighted by Gasteiger charge is 2.69. The van der Waals surface area contributed by atoms with Gasteiger partial charge in [0.25, 0.3) is 11.8 Å². The van der Waals surface area contributed by atoms with E-state index < -0.39 is 24.0 Å². The highest BCUT2D eigenvalue weighted by Crippen LogP contribution is 2.45. The molecule has 6 N–H and O–H groups in total. The predicted octanol–water partition coefficient (Wildman–Crippen LogP) is -3.74. The molecule has 4 unspecified atom stereocenters. The van der Waals surface area contributed by atoms with Crippen molar-refractivity contribution in [2.45, 2.75) is 24.0 Å². The average molecular weight is 280 g/mol. The molecule has 0 aliphatic carbocycles. The minimum atomic E-state index is -1.25. The Kier molecular flexibility index (Phi) is 4.71. The molecule has 9 heteroatoms. The van der Waals surface area contributed by atoms with Gasteiger partial charge in [0.2, 0.25) is 0 Å². The molecule has 2 heterocycles. The highest BCUT2D eigenvalue weighted by molar-refractivity contribution is 5.00. The first-order valence-electron chi connectivity index (χ1n) is 6.15. The van der Waals surface area contributed by atoms with Crippen LogP contribution < -0.4 is 10.6 Å². The van der Waals surface area contributed by atoms with Gasteiger partial charge in [-0.3, -0.25) is 15.4 Å². The lowest BCUT2D eigenvalue weighted by atomic mass is 10.3. The number of aliphatic hydroxyl groups is 4. The molecule has 2 rings (SSSR count). The number of aliphatic hydroxyl groups excluding tert-OH is 4. The molecule has 19 heavy (non-hydrogen) atoms. The molecule has 2 saturated heterocycles. The molecule has 9 nitrogen and oxygen atoms in total. The number of epoxide rings is 2. The summed E-state index contributed by atoms with van der Waals surface area (Å²) in [5.74, 6) is -2.49. The Hall–Kier alpha value is -0.360. The van der Waals surface area contributed by atoms with Crippen LogP contribution in [0.4, 0.5) is 0 Å². The maximum absolute atomic E-state index is 9.10. The van der Waals surface area contributed by atoms with Crippen molar-refractivity contribution in [3.63, 3.8) is 0 Å². The summed E-state index contributed by atoms with van der Waals surface area (Å²) in [5.41, 5.74) is 0. The van der Waals surface area contributed by atoms with Gasteiger partial charge in [0, 0.05) is 13.1 Å². The Morgan fingerprint density at radius 2 is 1.26 bits per heavy atom. The molecule has 0 aromatic heterocycles. The second kappa shape index (κ2) is 5.95. The van der Waals surface area contributed by atoms with Crippen LogP contribution in [-0.2, 0) is 14.2 Å². The first-order valence-corrected chi connectivity index (χ1v) is 6.15. The number of nitrogens with one attached hydrogen (secondary N) is 2. The maximum Gasteiger partial charge on any atom is 0.261 e. The van der Waals surface area contributed by atoms with Gasteiger partial charge in [-0.05, 0) is 0 Å². The van der Waals surface area contributed by atoms with Gasteiger partial charge in [0.15, 0.2) is 12.2 Å². The zero-order valence-electron chi connectivity index (χ0n) is 10.4. The summed E-state index contributed by atoms with van der Waals surface area (Å²) in [6.07, 6.45) is -1.15. The van der Waals surface area contributed by atoms with Gasteiger partial charge < -0.3 is 29.9 Å². The van der Waals surface area contributed by atoms with Gasteiger partial charge in [-0.25, -0.2) is 0 Å². The molecule has 0 spiro atoms. The summed E-state index contributed by atoms with van der Waals surface area (Å²) < 4.78 is 16.1. The third-order valence-electron chi connectivity index (χ3n) is 2.97. The van der Waals surface area contributed by atoms with E-state index in [9.17, 15) is 0 Å². The van der Waals surface area contributed by atoms with Gasteiger partial charge >= 0.3 is 0 Å². The molecule has 0 amide bonds. The first kappa shape index (κ1) is 15.0. The van der Waals surface area contributed by atoms with Gasteiger partial charge in [-0.1, -0.05) is 0 Å². The van der Waals surface area contributed by atoms with Crippen LogP contribution in [-0.4, -0.2) is 84.0 Å². The Bertz CT molecular complexity index is 280. The van der Waals surface area contributed by atoms with Crippen LogP contribution in [0, 0.1) is 0 Å². The fourth-order valence-electron chi connectivity index (χ4n) is 1.92. The van der Waals surface area contributed by atoms with Crippen molar-refractivity contribution < 1.29 is 34.6 Å². The van der Waals surface area contributed by atoms with Crippen LogP contribution in [0.25, 0.3) is 0 Å². The summed E-state index contributed by atoms with van der Waals surface area (Å²) in [6, 6.07) is 0. The van der Waals surface area contributed by atoms with Crippen molar-refractivity contribution in [2.75, 3.05) is 39.5 Å². The number of hydrogen-bond donors (Lipinski definition) is 6. The van der Waals surface area contributed by atoms with Crippen molar-refractivity contribution in [1.29, 1.82) is 0 Å². The molecule has 2 aliphatic rings. The molecular weight excluding hydrogens is 260 g/mol. The minimum absolute atomic E-state index is 0.117. The topological polar surface area (TPSA) is 139 Å². The van der Waals surface area contributed by atoms with E-state index >= 15 is 0 Å². The summed E-state index contributed by atoms with van der Waals surface area (Å²) in [5, 5.41) is 41.5. The smallest absolute Gasteiger partial charge is 0.261 e. The Morgan fingerprint density at radius 3 is 1.53 bits per heavy atom. The fourth-order valence-corrected chi connectivity index (χ4v) is 1.92. The minimum Gasteiger partial charge on any atom is -0.395 e. The molecule has 2 fully saturated rings. The third kappa shape index (κ3) is 3.05. The zero-order chi connectivity index (χ0) is 13.9. The molecule has 4 atom stereocenters. The van der Waals surface area contributed by atoms with E-state index in [4.69, 9.17) is 34.6 Å². The summed E-state index contributed by atoms with van der Waals surface area (Å²) in [4.78, 5) is 0. The Balaban J connectivity index is 1.95. The van der Waals surface area contributed by atoms with Crippen molar-refractivity contribution in [2.24, 2.45) is 0 Å². The Morgan fingerprint density at radius 1 is 0.842 bits per heavy atom. The van der Waals surface area contributed by atoms with Crippen LogP contribution in [0.1, 0.15) is 0 Å². The molecule has 2 aliphatic heterocycles. The standard InChI is InChI=1S/C10H20N2O7/c13-3-1-11-9(7(5-15)17-9)19-10(12-2-4-14)8(6-16)18-10/h7-8,11-16H,1-6H2. The number of ether oxygens (including phenoxy) is 3. The van der Waals surface area contributed by atoms with E-state index in [1.807, 2.05) is 0 Å². The highest BCUT2D eigenvalue weighted by atomic mass is 16.9. The van der Waals surface area contributed by atoms with Gasteiger partial charge in [-0.15, -0.1) is 0 Å². The van der Waals surface area contributed by atoms with Crippen molar-refractivity contribution in [1.82, 2.24) is 10.6 Å².